The van der Waals surface area contributed by atoms with Gasteiger partial charge >= 0.3 is 0 Å². The molecule has 1 heterocycles. The van der Waals surface area contributed by atoms with Gasteiger partial charge in [0.1, 0.15) is 6.04 Å². The second-order valence-electron chi connectivity index (χ2n) is 6.76. The first-order valence-corrected chi connectivity index (χ1v) is 10.7. The lowest BCUT2D eigenvalue weighted by molar-refractivity contribution is -0.122. The van der Waals surface area contributed by atoms with Crippen molar-refractivity contribution < 1.29 is 13.2 Å². The number of pyridine rings is 1. The van der Waals surface area contributed by atoms with Crippen molar-refractivity contribution in [3.05, 3.63) is 95.8 Å². The SMILES string of the molecule is Cc1ccc(S(=O)(=O)NC(Cc2ccccc2)C(=O)NCc2cccnc2)cc1. The maximum Gasteiger partial charge on any atom is 0.241 e. The number of carbonyl (C=O) groups excluding carboxylic acids is 1. The van der Waals surface area contributed by atoms with E-state index in [-0.39, 0.29) is 17.9 Å². The number of aromatic nitrogens is 1. The lowest BCUT2D eigenvalue weighted by Gasteiger charge is -2.19. The fourth-order valence-electron chi connectivity index (χ4n) is 2.83. The van der Waals surface area contributed by atoms with E-state index in [1.54, 1.807) is 30.6 Å². The minimum atomic E-state index is -3.85. The van der Waals surface area contributed by atoms with Crippen LogP contribution >= 0.6 is 0 Å². The Morgan fingerprint density at radius 3 is 2.31 bits per heavy atom. The molecule has 0 bridgehead atoms. The molecule has 3 aromatic rings. The van der Waals surface area contributed by atoms with Crippen LogP contribution in [-0.4, -0.2) is 25.4 Å². The number of aryl methyl sites for hydroxylation is 1. The highest BCUT2D eigenvalue weighted by atomic mass is 32.2. The van der Waals surface area contributed by atoms with E-state index in [1.807, 2.05) is 43.3 Å². The second kappa shape index (κ2) is 9.45. The lowest BCUT2D eigenvalue weighted by Crippen LogP contribution is -2.47. The van der Waals surface area contributed by atoms with E-state index >= 15 is 0 Å². The molecule has 1 unspecified atom stereocenters. The van der Waals surface area contributed by atoms with Crippen molar-refractivity contribution in [3.63, 3.8) is 0 Å². The molecule has 0 aliphatic heterocycles. The number of hydrogen-bond acceptors (Lipinski definition) is 4. The van der Waals surface area contributed by atoms with Crippen molar-refractivity contribution >= 4 is 15.9 Å². The van der Waals surface area contributed by atoms with Gasteiger partial charge in [0.15, 0.2) is 0 Å². The summed E-state index contributed by atoms with van der Waals surface area (Å²) in [5.74, 6) is -0.395. The van der Waals surface area contributed by atoms with E-state index in [4.69, 9.17) is 0 Å². The fourth-order valence-corrected chi connectivity index (χ4v) is 4.02. The van der Waals surface area contributed by atoms with Gasteiger partial charge in [-0.25, -0.2) is 8.42 Å². The topological polar surface area (TPSA) is 88.2 Å². The van der Waals surface area contributed by atoms with Crippen molar-refractivity contribution in [3.8, 4) is 0 Å². The van der Waals surface area contributed by atoms with Gasteiger partial charge in [0, 0.05) is 18.9 Å². The molecular weight excluding hydrogens is 386 g/mol. The molecule has 2 N–H and O–H groups in total. The van der Waals surface area contributed by atoms with Gasteiger partial charge in [0.05, 0.1) is 4.90 Å². The maximum absolute atomic E-state index is 12.8. The molecular formula is C22H23N3O3S. The van der Waals surface area contributed by atoms with Crippen LogP contribution in [0, 0.1) is 6.92 Å². The van der Waals surface area contributed by atoms with Crippen molar-refractivity contribution in [1.29, 1.82) is 0 Å². The van der Waals surface area contributed by atoms with E-state index in [0.29, 0.717) is 0 Å². The summed E-state index contributed by atoms with van der Waals surface area (Å²) in [5.41, 5.74) is 2.65. The first kappa shape index (κ1) is 20.7. The molecule has 0 radical (unpaired) electrons. The third kappa shape index (κ3) is 5.97. The molecule has 1 atom stereocenters. The van der Waals surface area contributed by atoms with Crippen molar-refractivity contribution in [2.75, 3.05) is 0 Å². The van der Waals surface area contributed by atoms with Crippen LogP contribution in [0.2, 0.25) is 0 Å². The van der Waals surface area contributed by atoms with E-state index in [0.717, 1.165) is 16.7 Å². The normalized spacial score (nSPS) is 12.3. The molecule has 7 heteroatoms. The van der Waals surface area contributed by atoms with Gasteiger partial charge in [-0.1, -0.05) is 54.1 Å². The molecule has 3 rings (SSSR count). The van der Waals surface area contributed by atoms with Crippen LogP contribution in [0.3, 0.4) is 0 Å². The highest BCUT2D eigenvalue weighted by Gasteiger charge is 2.26. The molecule has 0 spiro atoms. The first-order chi connectivity index (χ1) is 13.9. The Morgan fingerprint density at radius 2 is 1.66 bits per heavy atom. The number of amides is 1. The maximum atomic E-state index is 12.8. The van der Waals surface area contributed by atoms with Crippen molar-refractivity contribution in [1.82, 2.24) is 15.0 Å². The van der Waals surface area contributed by atoms with Crippen LogP contribution in [0.5, 0.6) is 0 Å². The van der Waals surface area contributed by atoms with Crippen LogP contribution in [0.25, 0.3) is 0 Å². The zero-order chi connectivity index (χ0) is 20.7. The average Bonchev–Trinajstić information content (AvgIpc) is 2.73. The largest absolute Gasteiger partial charge is 0.351 e. The third-order valence-corrected chi connectivity index (χ3v) is 5.90. The number of carbonyl (C=O) groups is 1. The molecule has 0 aliphatic rings. The van der Waals surface area contributed by atoms with Crippen molar-refractivity contribution in [2.45, 2.75) is 30.8 Å². The minimum absolute atomic E-state index is 0.126. The quantitative estimate of drug-likeness (QED) is 0.599. The molecule has 150 valence electrons. The summed E-state index contributed by atoms with van der Waals surface area (Å²) in [4.78, 5) is 17.0. The molecule has 0 saturated heterocycles. The van der Waals surface area contributed by atoms with Crippen molar-refractivity contribution in [2.24, 2.45) is 0 Å². The zero-order valence-electron chi connectivity index (χ0n) is 16.1. The Bertz CT molecular complexity index is 1040. The van der Waals surface area contributed by atoms with E-state index in [1.165, 1.54) is 12.1 Å². The van der Waals surface area contributed by atoms with Crippen LogP contribution in [-0.2, 0) is 27.8 Å². The Morgan fingerprint density at radius 1 is 0.966 bits per heavy atom. The number of benzene rings is 2. The van der Waals surface area contributed by atoms with Gasteiger partial charge in [0.25, 0.3) is 0 Å². The van der Waals surface area contributed by atoms with Gasteiger partial charge in [-0.2, -0.15) is 4.72 Å². The minimum Gasteiger partial charge on any atom is -0.351 e. The highest BCUT2D eigenvalue weighted by molar-refractivity contribution is 7.89. The number of hydrogen-bond donors (Lipinski definition) is 2. The summed E-state index contributed by atoms with van der Waals surface area (Å²) in [5, 5.41) is 2.80. The molecule has 2 aromatic carbocycles. The highest BCUT2D eigenvalue weighted by Crippen LogP contribution is 2.12. The summed E-state index contributed by atoms with van der Waals surface area (Å²) in [7, 11) is -3.85. The van der Waals surface area contributed by atoms with Crippen LogP contribution in [0.1, 0.15) is 16.7 Å². The molecule has 0 aliphatic carbocycles. The summed E-state index contributed by atoms with van der Waals surface area (Å²) < 4.78 is 28.2. The molecule has 0 fully saturated rings. The fraction of sp³-hybridized carbons (Fsp3) is 0.182. The number of nitrogens with zero attached hydrogens (tertiary/aromatic N) is 1. The second-order valence-corrected chi connectivity index (χ2v) is 8.47. The van der Waals surface area contributed by atoms with Gasteiger partial charge in [0.2, 0.25) is 15.9 Å². The standard InChI is InChI=1S/C22H23N3O3S/c1-17-9-11-20(12-10-17)29(27,28)25-21(14-18-6-3-2-4-7-18)22(26)24-16-19-8-5-13-23-15-19/h2-13,15,21,25H,14,16H2,1H3,(H,24,26). The van der Waals surface area contributed by atoms with E-state index < -0.39 is 22.0 Å². The van der Waals surface area contributed by atoms with Crippen LogP contribution < -0.4 is 10.0 Å². The first-order valence-electron chi connectivity index (χ1n) is 9.23. The summed E-state index contributed by atoms with van der Waals surface area (Å²) in [6.07, 6.45) is 3.55. The van der Waals surface area contributed by atoms with Gasteiger partial charge < -0.3 is 5.32 Å². The number of sulfonamides is 1. The molecule has 1 aromatic heterocycles. The zero-order valence-corrected chi connectivity index (χ0v) is 16.9. The molecule has 1 amide bonds. The van der Waals surface area contributed by atoms with Gasteiger partial charge in [-0.05, 0) is 42.7 Å². The smallest absolute Gasteiger partial charge is 0.241 e. The van der Waals surface area contributed by atoms with Crippen LogP contribution in [0.4, 0.5) is 0 Å². The molecule has 6 nitrogen and oxygen atoms in total. The predicted molar refractivity (Wildman–Crippen MR) is 112 cm³/mol. The van der Waals surface area contributed by atoms with Gasteiger partial charge in [-0.3, -0.25) is 9.78 Å². The van der Waals surface area contributed by atoms with Crippen LogP contribution in [0.15, 0.2) is 84.0 Å². The number of nitrogens with one attached hydrogen (secondary N) is 2. The Labute approximate surface area is 171 Å². The Kier molecular flexibility index (Phi) is 6.74. The monoisotopic (exact) mass is 409 g/mol. The number of rotatable bonds is 8. The third-order valence-electron chi connectivity index (χ3n) is 4.42. The molecule has 29 heavy (non-hydrogen) atoms. The van der Waals surface area contributed by atoms with E-state index in [2.05, 4.69) is 15.0 Å². The van der Waals surface area contributed by atoms with E-state index in [9.17, 15) is 13.2 Å². The Hall–Kier alpha value is -3.03. The summed E-state index contributed by atoms with van der Waals surface area (Å²) in [6, 6.07) is 18.5. The predicted octanol–water partition coefficient (Wildman–Crippen LogP) is 2.60. The summed E-state index contributed by atoms with van der Waals surface area (Å²) in [6.45, 7) is 2.15. The lowest BCUT2D eigenvalue weighted by atomic mass is 10.1. The van der Waals surface area contributed by atoms with Gasteiger partial charge in [-0.15, -0.1) is 0 Å². The molecule has 0 saturated carbocycles. The summed E-state index contributed by atoms with van der Waals surface area (Å²) >= 11 is 0. The Balaban J connectivity index is 1.78. The average molecular weight is 410 g/mol.